The number of hydrogen-bond donors (Lipinski definition) is 2. The Labute approximate surface area is 134 Å². The minimum atomic E-state index is -0.989. The van der Waals surface area contributed by atoms with Gasteiger partial charge in [0.2, 0.25) is 0 Å². The van der Waals surface area contributed by atoms with E-state index in [9.17, 15) is 9.90 Å². The Balaban J connectivity index is 1.63. The highest BCUT2D eigenvalue weighted by molar-refractivity contribution is 5.70. The van der Waals surface area contributed by atoms with Crippen LogP contribution in [0.4, 0.5) is 4.79 Å². The number of alkyl carbamates (subject to hydrolysis) is 1. The third-order valence-corrected chi connectivity index (χ3v) is 5.48. The Hall–Kier alpha value is -1.63. The van der Waals surface area contributed by atoms with Crippen LogP contribution in [0.3, 0.4) is 0 Å². The van der Waals surface area contributed by atoms with Crippen molar-refractivity contribution in [1.82, 2.24) is 5.32 Å². The zero-order chi connectivity index (χ0) is 16.1. The summed E-state index contributed by atoms with van der Waals surface area (Å²) in [7, 11) is 0. The van der Waals surface area contributed by atoms with E-state index in [1.807, 2.05) is 31.2 Å². The van der Waals surface area contributed by atoms with Gasteiger partial charge in [0.25, 0.3) is 0 Å². The minimum absolute atomic E-state index is 0.0982. The average Bonchev–Trinajstić information content (AvgIpc) is 3.14. The Kier molecular flexibility index (Phi) is 3.20. The van der Waals surface area contributed by atoms with E-state index in [0.717, 1.165) is 24.0 Å². The standard InChI is InChI=1S/C17H21NO5/c1-15(21-8-9-22-15)16(6-7-16)12-2-4-13(5-3-12)17(11-19)10-18-14(20)23-17/h2-5,19H,6-11H2,1H3,(H,18,20). The van der Waals surface area contributed by atoms with Crippen molar-refractivity contribution in [2.75, 3.05) is 26.4 Å². The topological polar surface area (TPSA) is 77.0 Å². The molecule has 1 aromatic rings. The van der Waals surface area contributed by atoms with Gasteiger partial charge in [-0.1, -0.05) is 24.3 Å². The highest BCUT2D eigenvalue weighted by atomic mass is 16.7. The van der Waals surface area contributed by atoms with Crippen molar-refractivity contribution in [2.45, 2.75) is 36.6 Å². The van der Waals surface area contributed by atoms with E-state index in [-0.39, 0.29) is 18.6 Å². The molecule has 0 spiro atoms. The number of ether oxygens (including phenoxy) is 3. The summed E-state index contributed by atoms with van der Waals surface area (Å²) < 4.78 is 17.0. The van der Waals surface area contributed by atoms with Crippen LogP contribution >= 0.6 is 0 Å². The molecule has 124 valence electrons. The Bertz CT molecular complexity index is 618. The van der Waals surface area contributed by atoms with Crippen molar-refractivity contribution < 1.29 is 24.1 Å². The molecule has 1 atom stereocenters. The van der Waals surface area contributed by atoms with Crippen molar-refractivity contribution in [3.63, 3.8) is 0 Å². The van der Waals surface area contributed by atoms with Gasteiger partial charge in [-0.2, -0.15) is 0 Å². The fourth-order valence-corrected chi connectivity index (χ4v) is 3.82. The second-order valence-corrected chi connectivity index (χ2v) is 6.70. The largest absolute Gasteiger partial charge is 0.434 e. The number of rotatable bonds is 4. The molecule has 23 heavy (non-hydrogen) atoms. The van der Waals surface area contributed by atoms with Gasteiger partial charge >= 0.3 is 6.09 Å². The normalized spacial score (nSPS) is 30.8. The van der Waals surface area contributed by atoms with Gasteiger partial charge in [-0.05, 0) is 30.9 Å². The third-order valence-electron chi connectivity index (χ3n) is 5.48. The molecule has 3 aliphatic rings. The van der Waals surface area contributed by atoms with Crippen molar-refractivity contribution in [2.24, 2.45) is 0 Å². The molecule has 6 heteroatoms. The molecule has 2 N–H and O–H groups in total. The zero-order valence-electron chi connectivity index (χ0n) is 13.1. The average molecular weight is 319 g/mol. The predicted molar refractivity (Wildman–Crippen MR) is 80.9 cm³/mol. The summed E-state index contributed by atoms with van der Waals surface area (Å²) in [6, 6.07) is 7.90. The van der Waals surface area contributed by atoms with E-state index in [4.69, 9.17) is 14.2 Å². The van der Waals surface area contributed by atoms with Crippen molar-refractivity contribution >= 4 is 6.09 Å². The first-order valence-corrected chi connectivity index (χ1v) is 8.00. The van der Waals surface area contributed by atoms with Gasteiger partial charge in [0, 0.05) is 5.41 Å². The molecule has 6 nitrogen and oxygen atoms in total. The van der Waals surface area contributed by atoms with Gasteiger partial charge in [-0.15, -0.1) is 0 Å². The SMILES string of the molecule is CC1(C2(c3ccc(C4(CO)CNC(=O)O4)cc3)CC2)OCCO1. The summed E-state index contributed by atoms with van der Waals surface area (Å²) in [4.78, 5) is 11.4. The molecule has 0 aromatic heterocycles. The molecule has 2 aliphatic heterocycles. The second kappa shape index (κ2) is 4.93. The van der Waals surface area contributed by atoms with Crippen molar-refractivity contribution in [3.05, 3.63) is 35.4 Å². The monoisotopic (exact) mass is 319 g/mol. The Morgan fingerprint density at radius 1 is 1.13 bits per heavy atom. The number of carbonyl (C=O) groups excluding carboxylic acids is 1. The van der Waals surface area contributed by atoms with Crippen LogP contribution in [0.15, 0.2) is 24.3 Å². The first-order chi connectivity index (χ1) is 11.0. The van der Waals surface area contributed by atoms with E-state index in [2.05, 4.69) is 5.32 Å². The number of nitrogens with one attached hydrogen (secondary N) is 1. The lowest BCUT2D eigenvalue weighted by atomic mass is 9.85. The molecular formula is C17H21NO5. The first kappa shape index (κ1) is 14.9. The van der Waals surface area contributed by atoms with Crippen LogP contribution in [0.5, 0.6) is 0 Å². The summed E-state index contributed by atoms with van der Waals surface area (Å²) >= 11 is 0. The zero-order valence-corrected chi connectivity index (χ0v) is 13.1. The van der Waals surface area contributed by atoms with Crippen LogP contribution in [-0.4, -0.2) is 43.4 Å². The van der Waals surface area contributed by atoms with Crippen LogP contribution in [0.2, 0.25) is 0 Å². The summed E-state index contributed by atoms with van der Waals surface area (Å²) in [5.41, 5.74) is 0.864. The van der Waals surface area contributed by atoms with Gasteiger partial charge in [0.1, 0.15) is 0 Å². The maximum absolute atomic E-state index is 11.4. The molecule has 1 aliphatic carbocycles. The molecule has 1 amide bonds. The van der Waals surface area contributed by atoms with Crippen molar-refractivity contribution in [1.29, 1.82) is 0 Å². The number of hydrogen-bond acceptors (Lipinski definition) is 5. The first-order valence-electron chi connectivity index (χ1n) is 8.00. The summed E-state index contributed by atoms with van der Waals surface area (Å²) in [6.45, 7) is 3.30. The van der Waals surface area contributed by atoms with Gasteiger partial charge in [-0.25, -0.2) is 4.79 Å². The molecule has 1 saturated carbocycles. The number of aliphatic hydroxyl groups excluding tert-OH is 1. The van der Waals surface area contributed by atoms with Gasteiger partial charge in [0.05, 0.1) is 26.4 Å². The number of benzene rings is 1. The summed E-state index contributed by atoms with van der Waals surface area (Å²) in [5.74, 6) is -0.565. The Morgan fingerprint density at radius 3 is 2.22 bits per heavy atom. The predicted octanol–water partition coefficient (Wildman–Crippen LogP) is 1.41. The molecule has 2 saturated heterocycles. The third kappa shape index (κ3) is 2.09. The number of carbonyl (C=O) groups is 1. The van der Waals surface area contributed by atoms with Gasteiger partial charge in [-0.3, -0.25) is 0 Å². The fraction of sp³-hybridized carbons (Fsp3) is 0.588. The van der Waals surface area contributed by atoms with Crippen molar-refractivity contribution in [3.8, 4) is 0 Å². The molecule has 0 radical (unpaired) electrons. The van der Waals surface area contributed by atoms with E-state index >= 15 is 0 Å². The summed E-state index contributed by atoms with van der Waals surface area (Å²) in [5, 5.41) is 12.3. The highest BCUT2D eigenvalue weighted by Crippen LogP contribution is 2.58. The molecular weight excluding hydrogens is 298 g/mol. The number of aliphatic hydroxyl groups is 1. The quantitative estimate of drug-likeness (QED) is 0.877. The fourth-order valence-electron chi connectivity index (χ4n) is 3.82. The van der Waals surface area contributed by atoms with E-state index in [1.54, 1.807) is 0 Å². The van der Waals surface area contributed by atoms with Crippen LogP contribution in [0, 0.1) is 0 Å². The van der Waals surface area contributed by atoms with E-state index in [0.29, 0.717) is 13.2 Å². The lowest BCUT2D eigenvalue weighted by molar-refractivity contribution is -0.169. The smallest absolute Gasteiger partial charge is 0.408 e. The lowest BCUT2D eigenvalue weighted by Gasteiger charge is -2.33. The molecule has 3 fully saturated rings. The van der Waals surface area contributed by atoms with Gasteiger partial charge < -0.3 is 24.6 Å². The van der Waals surface area contributed by atoms with Crippen LogP contribution in [0.25, 0.3) is 0 Å². The highest BCUT2D eigenvalue weighted by Gasteiger charge is 2.61. The number of cyclic esters (lactones) is 1. The molecule has 4 rings (SSSR count). The Morgan fingerprint density at radius 2 is 1.74 bits per heavy atom. The van der Waals surface area contributed by atoms with E-state index < -0.39 is 17.5 Å². The molecule has 1 unspecified atom stereocenters. The molecule has 2 heterocycles. The van der Waals surface area contributed by atoms with E-state index in [1.165, 1.54) is 0 Å². The number of amides is 1. The van der Waals surface area contributed by atoms with Crippen LogP contribution < -0.4 is 5.32 Å². The second-order valence-electron chi connectivity index (χ2n) is 6.70. The minimum Gasteiger partial charge on any atom is -0.434 e. The van der Waals surface area contributed by atoms with Crippen LogP contribution in [-0.2, 0) is 25.2 Å². The summed E-state index contributed by atoms with van der Waals surface area (Å²) in [6.07, 6.45) is 1.57. The maximum Gasteiger partial charge on any atom is 0.408 e. The van der Waals surface area contributed by atoms with Crippen LogP contribution in [0.1, 0.15) is 30.9 Å². The van der Waals surface area contributed by atoms with Gasteiger partial charge in [0.15, 0.2) is 11.4 Å². The molecule has 1 aromatic carbocycles. The lowest BCUT2D eigenvalue weighted by Crippen LogP contribution is -2.40. The molecule has 0 bridgehead atoms. The maximum atomic E-state index is 11.4.